The Hall–Kier alpha value is -0.160. The van der Waals surface area contributed by atoms with E-state index in [0.29, 0.717) is 12.2 Å². The van der Waals surface area contributed by atoms with Crippen molar-refractivity contribution >= 4 is 0 Å². The van der Waals surface area contributed by atoms with Gasteiger partial charge >= 0.3 is 0 Å². The van der Waals surface area contributed by atoms with Gasteiger partial charge in [-0.3, -0.25) is 0 Å². The van der Waals surface area contributed by atoms with Crippen LogP contribution in [0.4, 0.5) is 0 Å². The maximum Gasteiger partial charge on any atom is 0.0707 e. The van der Waals surface area contributed by atoms with E-state index in [1.165, 1.54) is 12.8 Å². The van der Waals surface area contributed by atoms with Crippen LogP contribution in [0.15, 0.2) is 0 Å². The minimum absolute atomic E-state index is 0.184. The Balaban J connectivity index is 2.17. The number of ether oxygens (including phenoxy) is 1. The van der Waals surface area contributed by atoms with Crippen LogP contribution in [0.2, 0.25) is 0 Å². The number of likely N-dealkylation sites (N-methyl/N-ethyl adjacent to an activating group) is 2. The van der Waals surface area contributed by atoms with Gasteiger partial charge in [0.1, 0.15) is 0 Å². The fourth-order valence-electron chi connectivity index (χ4n) is 2.29. The fourth-order valence-corrected chi connectivity index (χ4v) is 2.29. The lowest BCUT2D eigenvalue weighted by Gasteiger charge is -2.25. The van der Waals surface area contributed by atoms with Crippen LogP contribution in [-0.4, -0.2) is 74.9 Å². The van der Waals surface area contributed by atoms with Gasteiger partial charge in [-0.2, -0.15) is 0 Å². The third kappa shape index (κ3) is 7.88. The van der Waals surface area contributed by atoms with Crippen LogP contribution >= 0.6 is 0 Å². The van der Waals surface area contributed by atoms with Gasteiger partial charge in [0.05, 0.1) is 12.2 Å². The summed E-state index contributed by atoms with van der Waals surface area (Å²) in [5.74, 6) is 0. The normalized spacial score (nSPS) is 24.6. The first-order valence-electron chi connectivity index (χ1n) is 7.50. The van der Waals surface area contributed by atoms with E-state index in [9.17, 15) is 0 Å². The van der Waals surface area contributed by atoms with E-state index in [4.69, 9.17) is 4.74 Å². The highest BCUT2D eigenvalue weighted by molar-refractivity contribution is 4.80. The summed E-state index contributed by atoms with van der Waals surface area (Å²) < 4.78 is 6.12. The van der Waals surface area contributed by atoms with Crippen molar-refractivity contribution in [3.63, 3.8) is 0 Å². The molecule has 0 aromatic carbocycles. The van der Waals surface area contributed by atoms with Gasteiger partial charge < -0.3 is 19.9 Å². The first kappa shape index (κ1) is 16.9. The molecular formula is C15H33N3O. The first-order chi connectivity index (χ1) is 8.76. The van der Waals surface area contributed by atoms with E-state index in [1.54, 1.807) is 0 Å². The molecule has 0 amide bonds. The minimum Gasteiger partial charge on any atom is -0.372 e. The Morgan fingerprint density at radius 3 is 2.26 bits per heavy atom. The van der Waals surface area contributed by atoms with Crippen LogP contribution in [-0.2, 0) is 4.74 Å². The average molecular weight is 271 g/mol. The highest BCUT2D eigenvalue weighted by Gasteiger charge is 2.26. The van der Waals surface area contributed by atoms with Gasteiger partial charge in [0, 0.05) is 31.7 Å². The zero-order valence-electron chi connectivity index (χ0n) is 13.7. The third-order valence-corrected chi connectivity index (χ3v) is 3.50. The summed E-state index contributed by atoms with van der Waals surface area (Å²) in [5.41, 5.74) is 0.184. The molecule has 2 atom stereocenters. The van der Waals surface area contributed by atoms with Crippen LogP contribution in [0.3, 0.4) is 0 Å². The zero-order valence-corrected chi connectivity index (χ0v) is 13.7. The lowest BCUT2D eigenvalue weighted by molar-refractivity contribution is 0.0245. The Labute approximate surface area is 119 Å². The van der Waals surface area contributed by atoms with Gasteiger partial charge in [-0.15, -0.1) is 0 Å². The fraction of sp³-hybridized carbons (Fsp3) is 1.00. The Morgan fingerprint density at radius 2 is 1.68 bits per heavy atom. The standard InChI is InChI=1S/C15H33N3O/c1-15(2,3)16-11-13-7-8-14(19-13)12-18(6)10-9-17(4)5/h13-14,16H,7-12H2,1-6H3. The van der Waals surface area contributed by atoms with Crippen molar-refractivity contribution in [2.75, 3.05) is 47.3 Å². The monoisotopic (exact) mass is 271 g/mol. The molecule has 0 aromatic rings. The second-order valence-electron chi connectivity index (χ2n) is 7.15. The Kier molecular flexibility index (Phi) is 6.74. The molecule has 4 heteroatoms. The summed E-state index contributed by atoms with van der Waals surface area (Å²) in [5, 5.41) is 3.53. The van der Waals surface area contributed by atoms with E-state index in [1.807, 2.05) is 0 Å². The second kappa shape index (κ2) is 7.58. The lowest BCUT2D eigenvalue weighted by Crippen LogP contribution is -2.41. The van der Waals surface area contributed by atoms with Crippen molar-refractivity contribution < 1.29 is 4.74 Å². The zero-order chi connectivity index (χ0) is 14.5. The summed E-state index contributed by atoms with van der Waals surface area (Å²) >= 11 is 0. The molecule has 1 aliphatic heterocycles. The van der Waals surface area contributed by atoms with Crippen molar-refractivity contribution in [2.45, 2.75) is 51.4 Å². The van der Waals surface area contributed by atoms with Gasteiger partial charge in [-0.1, -0.05) is 0 Å². The van der Waals surface area contributed by atoms with Crippen molar-refractivity contribution in [3.05, 3.63) is 0 Å². The van der Waals surface area contributed by atoms with E-state index < -0.39 is 0 Å². The molecule has 1 saturated heterocycles. The van der Waals surface area contributed by atoms with E-state index >= 15 is 0 Å². The molecule has 0 aliphatic carbocycles. The van der Waals surface area contributed by atoms with Crippen molar-refractivity contribution in [3.8, 4) is 0 Å². The maximum atomic E-state index is 6.12. The maximum absolute atomic E-state index is 6.12. The molecule has 1 heterocycles. The summed E-state index contributed by atoms with van der Waals surface area (Å²) in [6, 6.07) is 0. The van der Waals surface area contributed by atoms with Gasteiger partial charge in [0.2, 0.25) is 0 Å². The van der Waals surface area contributed by atoms with Crippen LogP contribution in [0.1, 0.15) is 33.6 Å². The average Bonchev–Trinajstić information content (AvgIpc) is 2.70. The quantitative estimate of drug-likeness (QED) is 0.758. The third-order valence-electron chi connectivity index (χ3n) is 3.50. The molecule has 0 aromatic heterocycles. The van der Waals surface area contributed by atoms with Crippen molar-refractivity contribution in [1.82, 2.24) is 15.1 Å². The smallest absolute Gasteiger partial charge is 0.0707 e. The lowest BCUT2D eigenvalue weighted by atomic mass is 10.1. The van der Waals surface area contributed by atoms with Gasteiger partial charge in [-0.05, 0) is 54.8 Å². The molecule has 1 aliphatic rings. The highest BCUT2D eigenvalue weighted by atomic mass is 16.5. The van der Waals surface area contributed by atoms with E-state index in [-0.39, 0.29) is 5.54 Å². The molecule has 0 saturated carbocycles. The predicted octanol–water partition coefficient (Wildman–Crippen LogP) is 1.42. The molecule has 19 heavy (non-hydrogen) atoms. The van der Waals surface area contributed by atoms with E-state index in [2.05, 4.69) is 57.0 Å². The summed E-state index contributed by atoms with van der Waals surface area (Å²) in [7, 11) is 6.43. The number of nitrogens with zero attached hydrogens (tertiary/aromatic N) is 2. The highest BCUT2D eigenvalue weighted by Crippen LogP contribution is 2.20. The predicted molar refractivity (Wildman–Crippen MR) is 81.7 cm³/mol. The summed E-state index contributed by atoms with van der Waals surface area (Å²) in [4.78, 5) is 4.60. The molecule has 1 fully saturated rings. The molecule has 1 N–H and O–H groups in total. The Bertz CT molecular complexity index is 250. The number of rotatable bonds is 7. The molecule has 0 spiro atoms. The molecule has 0 radical (unpaired) electrons. The minimum atomic E-state index is 0.184. The number of nitrogens with one attached hydrogen (secondary N) is 1. The topological polar surface area (TPSA) is 27.7 Å². The van der Waals surface area contributed by atoms with Crippen LogP contribution < -0.4 is 5.32 Å². The van der Waals surface area contributed by atoms with Crippen molar-refractivity contribution in [1.29, 1.82) is 0 Å². The molecule has 4 nitrogen and oxygen atoms in total. The molecule has 114 valence electrons. The molecule has 0 bridgehead atoms. The molecular weight excluding hydrogens is 238 g/mol. The second-order valence-corrected chi connectivity index (χ2v) is 7.15. The molecule has 1 rings (SSSR count). The van der Waals surface area contributed by atoms with Crippen LogP contribution in [0, 0.1) is 0 Å². The Morgan fingerprint density at radius 1 is 1.05 bits per heavy atom. The first-order valence-corrected chi connectivity index (χ1v) is 7.50. The number of hydrogen-bond acceptors (Lipinski definition) is 4. The van der Waals surface area contributed by atoms with E-state index in [0.717, 1.165) is 26.2 Å². The number of hydrogen-bond donors (Lipinski definition) is 1. The van der Waals surface area contributed by atoms with Gasteiger partial charge in [-0.25, -0.2) is 0 Å². The van der Waals surface area contributed by atoms with Gasteiger partial charge in [0.15, 0.2) is 0 Å². The van der Waals surface area contributed by atoms with Gasteiger partial charge in [0.25, 0.3) is 0 Å². The van der Waals surface area contributed by atoms with Crippen LogP contribution in [0.5, 0.6) is 0 Å². The molecule has 2 unspecified atom stereocenters. The largest absolute Gasteiger partial charge is 0.372 e. The van der Waals surface area contributed by atoms with Crippen molar-refractivity contribution in [2.24, 2.45) is 0 Å². The van der Waals surface area contributed by atoms with Crippen LogP contribution in [0.25, 0.3) is 0 Å². The SMILES string of the molecule is CN(C)CCN(C)CC1CCC(CNC(C)(C)C)O1. The summed E-state index contributed by atoms with van der Waals surface area (Å²) in [6.07, 6.45) is 3.20. The summed E-state index contributed by atoms with van der Waals surface area (Å²) in [6.45, 7) is 10.9.